The summed E-state index contributed by atoms with van der Waals surface area (Å²) in [5, 5.41) is 0. The largest absolute Gasteiger partial charge is 0.399 e. The number of aryl methyl sites for hydroxylation is 1. The first kappa shape index (κ1) is 11.0. The number of nitrogen functional groups attached to an aromatic ring is 1. The molecule has 0 aliphatic heterocycles. The zero-order valence-corrected chi connectivity index (χ0v) is 8.46. The van der Waals surface area contributed by atoms with Crippen LogP contribution in [0.15, 0.2) is 24.3 Å². The van der Waals surface area contributed by atoms with E-state index in [1.54, 1.807) is 0 Å². The Kier molecular flexibility index (Phi) is 5.18. The number of hydrogen-bond acceptors (Lipinski definition) is 1. The van der Waals surface area contributed by atoms with Crippen molar-refractivity contribution in [3.05, 3.63) is 29.8 Å². The molecule has 0 amide bonds. The molecular formula is C11H21N. The molecule has 0 aromatic heterocycles. The lowest BCUT2D eigenvalue weighted by Gasteiger charge is -1.93. The third kappa shape index (κ3) is 5.78. The Hall–Kier alpha value is -0.980. The quantitative estimate of drug-likeness (QED) is 0.588. The molecular weight excluding hydrogens is 146 g/mol. The lowest BCUT2D eigenvalue weighted by atomic mass is 10.2. The van der Waals surface area contributed by atoms with E-state index in [1.807, 2.05) is 31.2 Å². The predicted molar refractivity (Wildman–Crippen MR) is 58.2 cm³/mol. The van der Waals surface area contributed by atoms with Gasteiger partial charge in [0.05, 0.1) is 0 Å². The molecule has 0 atom stereocenters. The molecule has 0 spiro atoms. The number of benzene rings is 1. The normalized spacial score (nSPS) is 9.08. The van der Waals surface area contributed by atoms with Gasteiger partial charge in [-0.05, 0) is 24.5 Å². The fraction of sp³-hybridized carbons (Fsp3) is 0.455. The number of anilines is 1. The molecule has 0 heterocycles. The van der Waals surface area contributed by atoms with Crippen molar-refractivity contribution in [2.24, 2.45) is 5.92 Å². The van der Waals surface area contributed by atoms with E-state index in [0.717, 1.165) is 17.2 Å². The van der Waals surface area contributed by atoms with Crippen LogP contribution >= 0.6 is 0 Å². The highest BCUT2D eigenvalue weighted by molar-refractivity contribution is 5.44. The standard InChI is InChI=1S/C7H9N.C4H10.H2/c1-6-4-2-3-5-7(6)8;1-4(2)3;/h2-5H,8H2,1H3;4H,1-3H3;1H. The van der Waals surface area contributed by atoms with E-state index in [4.69, 9.17) is 5.73 Å². The Balaban J connectivity index is 0. The van der Waals surface area contributed by atoms with Gasteiger partial charge in [0.1, 0.15) is 0 Å². The molecule has 0 saturated heterocycles. The van der Waals surface area contributed by atoms with Crippen LogP contribution in [0.5, 0.6) is 0 Å². The third-order valence-electron chi connectivity index (χ3n) is 1.19. The SMILES string of the molecule is CC(C)C.Cc1ccccc1N.[HH]. The number of hydrogen-bond donors (Lipinski definition) is 1. The van der Waals surface area contributed by atoms with E-state index in [-0.39, 0.29) is 1.43 Å². The van der Waals surface area contributed by atoms with Crippen LogP contribution in [0.4, 0.5) is 5.69 Å². The Bertz CT molecular complexity index is 197. The van der Waals surface area contributed by atoms with E-state index >= 15 is 0 Å². The van der Waals surface area contributed by atoms with Gasteiger partial charge in [0, 0.05) is 7.11 Å². The van der Waals surface area contributed by atoms with E-state index in [1.165, 1.54) is 0 Å². The van der Waals surface area contributed by atoms with Crippen molar-refractivity contribution in [3.63, 3.8) is 0 Å². The van der Waals surface area contributed by atoms with Gasteiger partial charge in [0.25, 0.3) is 0 Å². The van der Waals surface area contributed by atoms with Crippen molar-refractivity contribution in [3.8, 4) is 0 Å². The van der Waals surface area contributed by atoms with Gasteiger partial charge in [-0.2, -0.15) is 0 Å². The van der Waals surface area contributed by atoms with Gasteiger partial charge in [-0.1, -0.05) is 39.0 Å². The molecule has 0 unspecified atom stereocenters. The minimum Gasteiger partial charge on any atom is -0.399 e. The molecule has 12 heavy (non-hydrogen) atoms. The van der Waals surface area contributed by atoms with Crippen LogP contribution in [-0.4, -0.2) is 0 Å². The maximum absolute atomic E-state index is 5.52. The molecule has 0 bridgehead atoms. The highest BCUT2D eigenvalue weighted by Crippen LogP contribution is 2.06. The molecule has 1 aromatic rings. The molecule has 0 aliphatic rings. The molecule has 70 valence electrons. The van der Waals surface area contributed by atoms with Gasteiger partial charge < -0.3 is 5.73 Å². The van der Waals surface area contributed by atoms with Crippen molar-refractivity contribution in [1.29, 1.82) is 0 Å². The van der Waals surface area contributed by atoms with Crippen LogP contribution < -0.4 is 5.73 Å². The summed E-state index contributed by atoms with van der Waals surface area (Å²) in [6.07, 6.45) is 0. The molecule has 1 aromatic carbocycles. The van der Waals surface area contributed by atoms with E-state index in [9.17, 15) is 0 Å². The van der Waals surface area contributed by atoms with Gasteiger partial charge in [0.15, 0.2) is 0 Å². The predicted octanol–water partition coefficient (Wildman–Crippen LogP) is 3.49. The molecule has 1 nitrogen and oxygen atoms in total. The summed E-state index contributed by atoms with van der Waals surface area (Å²) in [5.74, 6) is 0.833. The van der Waals surface area contributed by atoms with Gasteiger partial charge in [-0.25, -0.2) is 0 Å². The third-order valence-corrected chi connectivity index (χ3v) is 1.19. The first-order valence-corrected chi connectivity index (χ1v) is 4.35. The second kappa shape index (κ2) is 5.64. The molecule has 0 aliphatic carbocycles. The molecule has 0 saturated carbocycles. The van der Waals surface area contributed by atoms with Gasteiger partial charge in [-0.3, -0.25) is 0 Å². The van der Waals surface area contributed by atoms with Crippen LogP contribution in [0.1, 0.15) is 27.8 Å². The monoisotopic (exact) mass is 167 g/mol. The van der Waals surface area contributed by atoms with Crippen molar-refractivity contribution < 1.29 is 1.43 Å². The molecule has 0 radical (unpaired) electrons. The Morgan fingerprint density at radius 2 is 1.58 bits per heavy atom. The van der Waals surface area contributed by atoms with E-state index < -0.39 is 0 Å². The van der Waals surface area contributed by atoms with Crippen LogP contribution in [0.2, 0.25) is 0 Å². The Labute approximate surface area is 77.1 Å². The molecule has 1 rings (SSSR count). The second-order valence-corrected chi connectivity index (χ2v) is 3.59. The Morgan fingerprint density at radius 1 is 1.17 bits per heavy atom. The average Bonchev–Trinajstić information content (AvgIpc) is 1.94. The number of para-hydroxylation sites is 1. The van der Waals surface area contributed by atoms with E-state index in [2.05, 4.69) is 20.8 Å². The fourth-order valence-electron chi connectivity index (χ4n) is 0.587. The molecule has 0 fully saturated rings. The summed E-state index contributed by atoms with van der Waals surface area (Å²) in [4.78, 5) is 0. The average molecular weight is 167 g/mol. The number of nitrogens with two attached hydrogens (primary N) is 1. The minimum absolute atomic E-state index is 0. The second-order valence-electron chi connectivity index (χ2n) is 3.59. The summed E-state index contributed by atoms with van der Waals surface area (Å²) < 4.78 is 0. The summed E-state index contributed by atoms with van der Waals surface area (Å²) in [5.41, 5.74) is 7.53. The summed E-state index contributed by atoms with van der Waals surface area (Å²) in [6, 6.07) is 7.80. The summed E-state index contributed by atoms with van der Waals surface area (Å²) in [7, 11) is 0. The zero-order valence-electron chi connectivity index (χ0n) is 8.46. The summed E-state index contributed by atoms with van der Waals surface area (Å²) >= 11 is 0. The van der Waals surface area contributed by atoms with Crippen molar-refractivity contribution in [1.82, 2.24) is 0 Å². The lowest BCUT2D eigenvalue weighted by Crippen LogP contribution is -1.85. The van der Waals surface area contributed by atoms with Gasteiger partial charge >= 0.3 is 0 Å². The fourth-order valence-corrected chi connectivity index (χ4v) is 0.587. The Morgan fingerprint density at radius 3 is 1.83 bits per heavy atom. The first-order valence-electron chi connectivity index (χ1n) is 4.35. The number of rotatable bonds is 0. The van der Waals surface area contributed by atoms with Crippen LogP contribution in [-0.2, 0) is 0 Å². The van der Waals surface area contributed by atoms with Gasteiger partial charge in [0.2, 0.25) is 0 Å². The topological polar surface area (TPSA) is 26.0 Å². The van der Waals surface area contributed by atoms with Crippen molar-refractivity contribution >= 4 is 5.69 Å². The summed E-state index contributed by atoms with van der Waals surface area (Å²) in [6.45, 7) is 8.50. The smallest absolute Gasteiger partial charge is 0.0343 e. The van der Waals surface area contributed by atoms with Crippen LogP contribution in [0.25, 0.3) is 0 Å². The molecule has 1 heteroatoms. The van der Waals surface area contributed by atoms with Crippen molar-refractivity contribution in [2.45, 2.75) is 27.7 Å². The first-order chi connectivity index (χ1) is 5.54. The lowest BCUT2D eigenvalue weighted by molar-refractivity contribution is 0.737. The zero-order chi connectivity index (χ0) is 9.56. The molecule has 2 N–H and O–H groups in total. The van der Waals surface area contributed by atoms with Crippen molar-refractivity contribution in [2.75, 3.05) is 5.73 Å². The van der Waals surface area contributed by atoms with Crippen LogP contribution in [0, 0.1) is 12.8 Å². The van der Waals surface area contributed by atoms with Gasteiger partial charge in [-0.15, -0.1) is 0 Å². The maximum Gasteiger partial charge on any atom is 0.0343 e. The minimum atomic E-state index is 0. The maximum atomic E-state index is 5.52. The highest BCUT2D eigenvalue weighted by atomic mass is 14.5. The highest BCUT2D eigenvalue weighted by Gasteiger charge is 1.84. The van der Waals surface area contributed by atoms with E-state index in [0.29, 0.717) is 0 Å². The van der Waals surface area contributed by atoms with Crippen LogP contribution in [0.3, 0.4) is 0 Å².